The molecular weight excluding hydrogens is 526 g/mol. The third kappa shape index (κ3) is 7.85. The minimum atomic E-state index is -4.13. The second kappa shape index (κ2) is 14.0. The Morgan fingerprint density at radius 3 is 2.08 bits per heavy atom. The van der Waals surface area contributed by atoms with Crippen LogP contribution >= 0.6 is 0 Å². The van der Waals surface area contributed by atoms with Crippen molar-refractivity contribution < 1.29 is 22.7 Å². The maximum Gasteiger partial charge on any atom is 0.264 e. The van der Waals surface area contributed by atoms with Crippen LogP contribution in [0.4, 0.5) is 5.69 Å². The molecule has 0 spiro atoms. The van der Waals surface area contributed by atoms with Crippen LogP contribution in [0.3, 0.4) is 0 Å². The first-order chi connectivity index (χ1) is 19.1. The lowest BCUT2D eigenvalue weighted by Crippen LogP contribution is -2.53. The molecular formula is C31H39N3O5S. The molecule has 2 amide bonds. The van der Waals surface area contributed by atoms with Gasteiger partial charge in [-0.05, 0) is 76.1 Å². The number of benzene rings is 3. The first-order valence-corrected chi connectivity index (χ1v) is 15.0. The van der Waals surface area contributed by atoms with Crippen LogP contribution in [0, 0.1) is 6.92 Å². The van der Waals surface area contributed by atoms with Crippen molar-refractivity contribution in [2.45, 2.75) is 64.6 Å². The highest BCUT2D eigenvalue weighted by Gasteiger charge is 2.33. The van der Waals surface area contributed by atoms with E-state index in [0.717, 1.165) is 15.4 Å². The van der Waals surface area contributed by atoms with E-state index in [1.807, 2.05) is 58.9 Å². The highest BCUT2D eigenvalue weighted by molar-refractivity contribution is 7.92. The summed E-state index contributed by atoms with van der Waals surface area (Å²) in [5, 5.41) is 2.90. The van der Waals surface area contributed by atoms with Crippen LogP contribution in [0.2, 0.25) is 0 Å². The third-order valence-corrected chi connectivity index (χ3v) is 8.12. The molecule has 0 aliphatic heterocycles. The van der Waals surface area contributed by atoms with Crippen molar-refractivity contribution in [3.8, 4) is 5.75 Å². The van der Waals surface area contributed by atoms with Crippen LogP contribution in [0.5, 0.6) is 5.75 Å². The van der Waals surface area contributed by atoms with E-state index in [4.69, 9.17) is 4.74 Å². The van der Waals surface area contributed by atoms with Crippen molar-refractivity contribution in [2.75, 3.05) is 17.5 Å². The molecule has 8 nitrogen and oxygen atoms in total. The van der Waals surface area contributed by atoms with Gasteiger partial charge < -0.3 is 15.0 Å². The minimum Gasteiger partial charge on any atom is -0.494 e. The van der Waals surface area contributed by atoms with Crippen LogP contribution in [0.1, 0.15) is 45.2 Å². The number of rotatable bonds is 13. The van der Waals surface area contributed by atoms with Crippen LogP contribution in [0.15, 0.2) is 83.8 Å². The second-order valence-corrected chi connectivity index (χ2v) is 11.7. The Labute approximate surface area is 238 Å². The summed E-state index contributed by atoms with van der Waals surface area (Å²) < 4.78 is 34.4. The lowest BCUT2D eigenvalue weighted by Gasteiger charge is -2.33. The summed E-state index contributed by atoms with van der Waals surface area (Å²) in [7, 11) is -4.13. The fourth-order valence-electron chi connectivity index (χ4n) is 4.32. The highest BCUT2D eigenvalue weighted by atomic mass is 32.2. The zero-order chi connectivity index (χ0) is 29.3. The van der Waals surface area contributed by atoms with Crippen LogP contribution in [0.25, 0.3) is 0 Å². The molecule has 1 N–H and O–H groups in total. The van der Waals surface area contributed by atoms with E-state index in [1.165, 1.54) is 17.0 Å². The average molecular weight is 566 g/mol. The number of carbonyl (C=O) groups is 2. The Hall–Kier alpha value is -3.85. The number of nitrogens with one attached hydrogen (secondary N) is 1. The highest BCUT2D eigenvalue weighted by Crippen LogP contribution is 2.26. The number of aryl methyl sites for hydroxylation is 1. The predicted octanol–water partition coefficient (Wildman–Crippen LogP) is 4.92. The molecule has 0 radical (unpaired) electrons. The van der Waals surface area contributed by atoms with Crippen molar-refractivity contribution >= 4 is 27.5 Å². The zero-order valence-corrected chi connectivity index (χ0v) is 24.6. The monoisotopic (exact) mass is 565 g/mol. The zero-order valence-electron chi connectivity index (χ0n) is 23.8. The van der Waals surface area contributed by atoms with Crippen molar-refractivity contribution in [3.05, 3.63) is 90.0 Å². The molecule has 0 aliphatic carbocycles. The lowest BCUT2D eigenvalue weighted by atomic mass is 10.1. The first kappa shape index (κ1) is 30.7. The number of sulfonamides is 1. The van der Waals surface area contributed by atoms with Crippen LogP contribution < -0.4 is 14.4 Å². The van der Waals surface area contributed by atoms with Gasteiger partial charge in [-0.1, -0.05) is 55.0 Å². The standard InChI is InChI=1S/C31H39N3O5S/c1-6-29(31(36)32-23(3)4)33(21-25-15-13-24(5)14-16-25)30(35)22-34(26-11-9-8-10-12-26)40(37,38)28-19-17-27(18-20-28)39-7-2/h8-20,23,29H,6-7,21-22H2,1-5H3,(H,32,36)/t29-/m0/s1. The van der Waals surface area contributed by atoms with Gasteiger partial charge in [-0.3, -0.25) is 13.9 Å². The molecule has 1 atom stereocenters. The van der Waals surface area contributed by atoms with Gasteiger partial charge in [-0.2, -0.15) is 0 Å². The quantitative estimate of drug-likeness (QED) is 0.317. The van der Waals surface area contributed by atoms with Gasteiger partial charge >= 0.3 is 0 Å². The Balaban J connectivity index is 2.02. The Morgan fingerprint density at radius 2 is 1.52 bits per heavy atom. The molecule has 3 aromatic rings. The van der Waals surface area contributed by atoms with Crippen molar-refractivity contribution in [2.24, 2.45) is 0 Å². The van der Waals surface area contributed by atoms with Gasteiger partial charge in [0.2, 0.25) is 11.8 Å². The Bertz CT molecular complexity index is 1360. The maximum atomic E-state index is 14.0. The Kier molecular flexibility index (Phi) is 10.7. The summed E-state index contributed by atoms with van der Waals surface area (Å²) in [5.74, 6) is -0.210. The van der Waals surface area contributed by atoms with E-state index in [9.17, 15) is 18.0 Å². The summed E-state index contributed by atoms with van der Waals surface area (Å²) in [4.78, 5) is 28.7. The molecule has 0 unspecified atom stereocenters. The molecule has 0 heterocycles. The molecule has 0 aliphatic rings. The van der Waals surface area contributed by atoms with Crippen LogP contribution in [-0.2, 0) is 26.2 Å². The number of ether oxygens (including phenoxy) is 1. The summed E-state index contributed by atoms with van der Waals surface area (Å²) in [6.45, 7) is 9.52. The van der Waals surface area contributed by atoms with Crippen molar-refractivity contribution in [1.82, 2.24) is 10.2 Å². The summed E-state index contributed by atoms with van der Waals surface area (Å²) in [6.07, 6.45) is 0.368. The molecule has 0 bridgehead atoms. The molecule has 214 valence electrons. The van der Waals surface area contributed by atoms with Crippen LogP contribution in [-0.4, -0.2) is 50.4 Å². The SMILES string of the molecule is CCOc1ccc(S(=O)(=O)N(CC(=O)N(Cc2ccc(C)cc2)[C@@H](CC)C(=O)NC(C)C)c2ccccc2)cc1. The predicted molar refractivity (Wildman–Crippen MR) is 158 cm³/mol. The van der Waals surface area contributed by atoms with E-state index in [1.54, 1.807) is 42.5 Å². The van der Waals surface area contributed by atoms with E-state index in [2.05, 4.69) is 5.32 Å². The molecule has 3 aromatic carbocycles. The normalized spacial score (nSPS) is 12.1. The average Bonchev–Trinajstić information content (AvgIpc) is 2.93. The number of nitrogens with zero attached hydrogens (tertiary/aromatic N) is 2. The van der Waals surface area contributed by atoms with Gasteiger partial charge in [-0.25, -0.2) is 8.42 Å². The number of para-hydroxylation sites is 1. The maximum absolute atomic E-state index is 14.0. The number of amides is 2. The van der Waals surface area contributed by atoms with Gasteiger partial charge in [0.1, 0.15) is 18.3 Å². The van der Waals surface area contributed by atoms with Crippen molar-refractivity contribution in [1.29, 1.82) is 0 Å². The second-order valence-electron chi connectivity index (χ2n) is 9.85. The number of carbonyl (C=O) groups excluding carboxylic acids is 2. The number of hydrogen-bond acceptors (Lipinski definition) is 5. The summed E-state index contributed by atoms with van der Waals surface area (Å²) >= 11 is 0. The van der Waals surface area contributed by atoms with Gasteiger partial charge in [0.25, 0.3) is 10.0 Å². The topological polar surface area (TPSA) is 96.0 Å². The van der Waals surface area contributed by atoms with E-state index in [-0.39, 0.29) is 23.4 Å². The fourth-order valence-corrected chi connectivity index (χ4v) is 5.73. The third-order valence-electron chi connectivity index (χ3n) is 6.34. The largest absolute Gasteiger partial charge is 0.494 e. The van der Waals surface area contributed by atoms with Crippen molar-refractivity contribution in [3.63, 3.8) is 0 Å². The molecule has 40 heavy (non-hydrogen) atoms. The number of hydrogen-bond donors (Lipinski definition) is 1. The fraction of sp³-hybridized carbons (Fsp3) is 0.355. The van der Waals surface area contributed by atoms with E-state index >= 15 is 0 Å². The van der Waals surface area contributed by atoms with E-state index < -0.39 is 28.5 Å². The minimum absolute atomic E-state index is 0.0299. The molecule has 0 aromatic heterocycles. The van der Waals surface area contributed by atoms with Gasteiger partial charge in [0.15, 0.2) is 0 Å². The molecule has 0 saturated heterocycles. The van der Waals surface area contributed by atoms with Gasteiger partial charge in [-0.15, -0.1) is 0 Å². The van der Waals surface area contributed by atoms with Gasteiger partial charge in [0.05, 0.1) is 17.2 Å². The summed E-state index contributed by atoms with van der Waals surface area (Å²) in [5.41, 5.74) is 2.26. The molecule has 0 saturated carbocycles. The molecule has 0 fully saturated rings. The lowest BCUT2D eigenvalue weighted by molar-refractivity contribution is -0.140. The smallest absolute Gasteiger partial charge is 0.264 e. The molecule has 3 rings (SSSR count). The van der Waals surface area contributed by atoms with Gasteiger partial charge in [0, 0.05) is 12.6 Å². The van der Waals surface area contributed by atoms with E-state index in [0.29, 0.717) is 24.5 Å². The summed E-state index contributed by atoms with van der Waals surface area (Å²) in [6, 6.07) is 21.4. The first-order valence-electron chi connectivity index (χ1n) is 13.5. The Morgan fingerprint density at radius 1 is 0.900 bits per heavy atom. The number of anilines is 1. The molecule has 9 heteroatoms.